The number of rotatable bonds is 5. The molecule has 1 fully saturated rings. The normalized spacial score (nSPS) is 15.0. The first-order valence-electron chi connectivity index (χ1n) is 11.6. The van der Waals surface area contributed by atoms with E-state index < -0.39 is 5.82 Å². The molecule has 0 amide bonds. The molecule has 1 aromatic carbocycles. The maximum Gasteiger partial charge on any atom is 0.220 e. The van der Waals surface area contributed by atoms with E-state index in [0.29, 0.717) is 16.6 Å². The molecular formula is C25H26ClFN8. The number of aryl methyl sites for hydroxylation is 1. The van der Waals surface area contributed by atoms with E-state index in [2.05, 4.69) is 25.4 Å². The van der Waals surface area contributed by atoms with Crippen LogP contribution in [0.4, 0.5) is 21.7 Å². The molecule has 0 bridgehead atoms. The van der Waals surface area contributed by atoms with Crippen LogP contribution < -0.4 is 16.8 Å². The first-order valence-corrected chi connectivity index (χ1v) is 11.9. The van der Waals surface area contributed by atoms with Gasteiger partial charge in [0.15, 0.2) is 0 Å². The Bertz CT molecular complexity index is 1420. The van der Waals surface area contributed by atoms with Gasteiger partial charge in [-0.05, 0) is 38.0 Å². The van der Waals surface area contributed by atoms with Gasteiger partial charge >= 0.3 is 0 Å². The van der Waals surface area contributed by atoms with Gasteiger partial charge in [0.25, 0.3) is 0 Å². The molecule has 3 heterocycles. The molecule has 0 atom stereocenters. The third-order valence-corrected chi connectivity index (χ3v) is 6.64. The molecule has 0 saturated heterocycles. The summed E-state index contributed by atoms with van der Waals surface area (Å²) in [7, 11) is 0. The van der Waals surface area contributed by atoms with Crippen molar-refractivity contribution in [3.63, 3.8) is 0 Å². The Morgan fingerprint density at radius 3 is 2.77 bits per heavy atom. The Labute approximate surface area is 207 Å². The van der Waals surface area contributed by atoms with Crippen LogP contribution >= 0.6 is 11.6 Å². The molecule has 1 aliphatic carbocycles. The molecule has 1 saturated carbocycles. The number of hydrogen-bond acceptors (Lipinski definition) is 6. The van der Waals surface area contributed by atoms with Gasteiger partial charge in [0.2, 0.25) is 5.95 Å². The Kier molecular flexibility index (Phi) is 6.25. The summed E-state index contributed by atoms with van der Waals surface area (Å²) < 4.78 is 15.6. The average molecular weight is 493 g/mol. The van der Waals surface area contributed by atoms with Crippen LogP contribution in [0.3, 0.4) is 0 Å². The third kappa shape index (κ3) is 4.77. The number of benzene rings is 1. The molecule has 1 aliphatic rings. The fourth-order valence-electron chi connectivity index (χ4n) is 4.53. The predicted molar refractivity (Wildman–Crippen MR) is 138 cm³/mol. The number of nitrogens with zero attached hydrogens (tertiary/aromatic N) is 5. The first-order chi connectivity index (χ1) is 16.9. The molecule has 4 aromatic rings. The van der Waals surface area contributed by atoms with Crippen LogP contribution in [0.25, 0.3) is 16.6 Å². The predicted octanol–water partition coefficient (Wildman–Crippen LogP) is 5.26. The highest BCUT2D eigenvalue weighted by molar-refractivity contribution is 6.33. The number of nitrogens with one attached hydrogen (secondary N) is 1. The summed E-state index contributed by atoms with van der Waals surface area (Å²) >= 11 is 6.23. The van der Waals surface area contributed by atoms with Gasteiger partial charge in [0.05, 0.1) is 39.4 Å². The van der Waals surface area contributed by atoms with E-state index in [9.17, 15) is 4.39 Å². The monoisotopic (exact) mass is 492 g/mol. The summed E-state index contributed by atoms with van der Waals surface area (Å²) in [6.07, 6.45) is 11.0. The van der Waals surface area contributed by atoms with E-state index >= 15 is 0 Å². The van der Waals surface area contributed by atoms with Crippen molar-refractivity contribution in [2.75, 3.05) is 11.1 Å². The van der Waals surface area contributed by atoms with E-state index in [4.69, 9.17) is 23.1 Å². The molecular weight excluding hydrogens is 467 g/mol. The summed E-state index contributed by atoms with van der Waals surface area (Å²) in [5.41, 5.74) is 17.3. The van der Waals surface area contributed by atoms with E-state index in [-0.39, 0.29) is 17.5 Å². The minimum atomic E-state index is -0.438. The zero-order chi connectivity index (χ0) is 24.5. The minimum Gasteiger partial charge on any atom is -0.383 e. The van der Waals surface area contributed by atoms with Crippen LogP contribution in [0.1, 0.15) is 43.4 Å². The third-order valence-electron chi connectivity index (χ3n) is 6.32. The van der Waals surface area contributed by atoms with Crippen LogP contribution in [0.15, 0.2) is 47.8 Å². The highest BCUT2D eigenvalue weighted by Gasteiger charge is 2.20. The largest absolute Gasteiger partial charge is 0.383 e. The minimum absolute atomic E-state index is 0.195. The van der Waals surface area contributed by atoms with Crippen molar-refractivity contribution < 1.29 is 4.39 Å². The van der Waals surface area contributed by atoms with Gasteiger partial charge in [-0.2, -0.15) is 5.10 Å². The second-order valence-electron chi connectivity index (χ2n) is 8.79. The number of anilines is 2. The number of amidine groups is 1. The fourth-order valence-corrected chi connectivity index (χ4v) is 4.69. The van der Waals surface area contributed by atoms with Gasteiger partial charge in [0.1, 0.15) is 11.7 Å². The zero-order valence-electron chi connectivity index (χ0n) is 19.3. The zero-order valence-corrected chi connectivity index (χ0v) is 20.1. The molecule has 5 N–H and O–H groups in total. The van der Waals surface area contributed by atoms with Gasteiger partial charge in [-0.25, -0.2) is 23.9 Å². The highest BCUT2D eigenvalue weighted by Crippen LogP contribution is 2.33. The van der Waals surface area contributed by atoms with Crippen molar-refractivity contribution in [1.82, 2.24) is 19.6 Å². The summed E-state index contributed by atoms with van der Waals surface area (Å²) in [6, 6.07) is 6.33. The van der Waals surface area contributed by atoms with Crippen LogP contribution in [0, 0.1) is 12.7 Å². The van der Waals surface area contributed by atoms with Crippen LogP contribution in [0.2, 0.25) is 5.02 Å². The van der Waals surface area contributed by atoms with Gasteiger partial charge in [-0.15, -0.1) is 0 Å². The molecule has 8 nitrogen and oxygen atoms in total. The van der Waals surface area contributed by atoms with Crippen LogP contribution in [-0.2, 0) is 0 Å². The summed E-state index contributed by atoms with van der Waals surface area (Å²) in [5, 5.41) is 8.58. The highest BCUT2D eigenvalue weighted by atomic mass is 35.5. The van der Waals surface area contributed by atoms with Crippen molar-refractivity contribution in [3.8, 4) is 11.1 Å². The smallest absolute Gasteiger partial charge is 0.220 e. The molecule has 10 heteroatoms. The lowest BCUT2D eigenvalue weighted by Crippen LogP contribution is -2.25. The van der Waals surface area contributed by atoms with E-state index in [1.165, 1.54) is 37.5 Å². The summed E-state index contributed by atoms with van der Waals surface area (Å²) in [6.45, 7) is 1.89. The van der Waals surface area contributed by atoms with E-state index in [1.54, 1.807) is 16.9 Å². The second kappa shape index (κ2) is 9.50. The molecule has 0 spiro atoms. The van der Waals surface area contributed by atoms with Gasteiger partial charge in [-0.3, -0.25) is 0 Å². The van der Waals surface area contributed by atoms with Gasteiger partial charge < -0.3 is 16.8 Å². The molecule has 180 valence electrons. The molecule has 3 aromatic heterocycles. The van der Waals surface area contributed by atoms with Crippen molar-refractivity contribution in [1.29, 1.82) is 0 Å². The lowest BCUT2D eigenvalue weighted by Gasteiger charge is -2.25. The average Bonchev–Trinajstić information content (AvgIpc) is 3.27. The standard InChI is InChI=1S/C25H26ClFN8/c1-14-18(11-30-25(29)32-14)15-9-22-23(33-17-5-3-2-4-6-17)19(12-31-35(22)13-15)24(28)34-21-10-16(27)7-8-20(21)26/h7-13,17,33H,2-6H2,1H3,(H2,28,34)(H2,29,30,32). The Morgan fingerprint density at radius 2 is 2.00 bits per heavy atom. The number of halogens is 2. The molecule has 0 unspecified atom stereocenters. The van der Waals surface area contributed by atoms with Crippen LogP contribution in [-0.4, -0.2) is 31.5 Å². The lowest BCUT2D eigenvalue weighted by molar-refractivity contribution is 0.463. The van der Waals surface area contributed by atoms with Gasteiger partial charge in [-0.1, -0.05) is 30.9 Å². The molecule has 0 radical (unpaired) electrons. The number of hydrogen-bond donors (Lipinski definition) is 3. The number of nitrogens with two attached hydrogens (primary N) is 2. The van der Waals surface area contributed by atoms with Crippen molar-refractivity contribution in [3.05, 3.63) is 65.0 Å². The van der Waals surface area contributed by atoms with Crippen molar-refractivity contribution in [2.45, 2.75) is 45.1 Å². The molecule has 5 rings (SSSR count). The fraction of sp³-hybridized carbons (Fsp3) is 0.280. The Balaban J connectivity index is 1.64. The number of fused-ring (bicyclic) bond motifs is 1. The Hall–Kier alpha value is -3.72. The quantitative estimate of drug-likeness (QED) is 0.258. The Morgan fingerprint density at radius 1 is 1.20 bits per heavy atom. The van der Waals surface area contributed by atoms with Crippen molar-refractivity contribution in [2.24, 2.45) is 10.7 Å². The summed E-state index contributed by atoms with van der Waals surface area (Å²) in [4.78, 5) is 12.9. The number of aromatic nitrogens is 4. The maximum absolute atomic E-state index is 13.8. The number of aliphatic imine (C=N–C) groups is 1. The summed E-state index contributed by atoms with van der Waals surface area (Å²) in [5.74, 6) is -0.0111. The number of nitrogen functional groups attached to an aromatic ring is 1. The lowest BCUT2D eigenvalue weighted by atomic mass is 9.95. The SMILES string of the molecule is Cc1nc(N)ncc1-c1cc2c(NC3CCCCC3)c(C(N)=Nc3cc(F)ccc3Cl)cnn2c1. The molecule has 35 heavy (non-hydrogen) atoms. The maximum atomic E-state index is 13.8. The van der Waals surface area contributed by atoms with Crippen LogP contribution in [0.5, 0.6) is 0 Å². The van der Waals surface area contributed by atoms with Gasteiger partial charge in [0, 0.05) is 35.6 Å². The van der Waals surface area contributed by atoms with E-state index in [0.717, 1.165) is 40.9 Å². The topological polar surface area (TPSA) is 120 Å². The van der Waals surface area contributed by atoms with E-state index in [1.807, 2.05) is 19.2 Å². The second-order valence-corrected chi connectivity index (χ2v) is 9.20. The van der Waals surface area contributed by atoms with Crippen molar-refractivity contribution >= 4 is 40.3 Å². The molecule has 0 aliphatic heterocycles. The first kappa shape index (κ1) is 23.0.